The fourth-order valence-electron chi connectivity index (χ4n) is 4.58. The number of Topliss-reactive ketones (excluding diaryl/α,β-unsaturated/α-hetero) is 1. The maximum Gasteiger partial charge on any atom is 0.259 e. The first-order valence-electron chi connectivity index (χ1n) is 12.1. The third kappa shape index (κ3) is 5.61. The zero-order valence-corrected chi connectivity index (χ0v) is 23.8. The van der Waals surface area contributed by atoms with Crippen LogP contribution in [0.2, 0.25) is 15.1 Å². The maximum absolute atomic E-state index is 13.4. The van der Waals surface area contributed by atoms with Gasteiger partial charge in [0, 0.05) is 28.5 Å². The molecule has 0 saturated heterocycles. The number of rotatable bonds is 9. The van der Waals surface area contributed by atoms with E-state index in [1.165, 1.54) is 30.3 Å². The summed E-state index contributed by atoms with van der Waals surface area (Å²) in [5.74, 6) is 0.0384. The van der Waals surface area contributed by atoms with Gasteiger partial charge in [-0.2, -0.15) is 4.98 Å². The normalized spacial score (nSPS) is 14.4. The van der Waals surface area contributed by atoms with Crippen molar-refractivity contribution in [1.29, 1.82) is 0 Å². The van der Waals surface area contributed by atoms with Crippen molar-refractivity contribution in [2.45, 2.75) is 42.9 Å². The van der Waals surface area contributed by atoms with Gasteiger partial charge >= 0.3 is 0 Å². The van der Waals surface area contributed by atoms with Crippen LogP contribution in [0.3, 0.4) is 0 Å². The molecule has 39 heavy (non-hydrogen) atoms. The number of ketones is 1. The summed E-state index contributed by atoms with van der Waals surface area (Å²) in [7, 11) is -3.30. The van der Waals surface area contributed by atoms with Gasteiger partial charge in [0.05, 0.1) is 26.6 Å². The third-order valence-electron chi connectivity index (χ3n) is 6.81. The molecule has 1 aromatic heterocycles. The van der Waals surface area contributed by atoms with Crippen molar-refractivity contribution >= 4 is 50.4 Å². The van der Waals surface area contributed by atoms with Crippen LogP contribution in [-0.2, 0) is 32.9 Å². The molecule has 0 radical (unpaired) electrons. The Balaban J connectivity index is 1.33. The zero-order chi connectivity index (χ0) is 27.9. The number of carbonyl (C=O) groups excluding carboxylic acids is 1. The standard InChI is InChI=1S/C28H22Cl3FN2O4S/c1-2-39(36,37)20-6-3-16(4-7-20)11-19(35)12-17-13-23(30)25(24(31)14-17)28(9-10-28)27-33-26(38-34-27)21-8-5-18(32)15-22(21)29/h3-8,13-15H,2,9-12H2,1H3. The topological polar surface area (TPSA) is 90.1 Å². The molecule has 0 aliphatic heterocycles. The van der Waals surface area contributed by atoms with Crippen molar-refractivity contribution in [3.63, 3.8) is 0 Å². The number of halogens is 4. The second-order valence-corrected chi connectivity index (χ2v) is 13.0. The van der Waals surface area contributed by atoms with Gasteiger partial charge in [0.1, 0.15) is 11.6 Å². The van der Waals surface area contributed by atoms with Crippen LogP contribution in [0.25, 0.3) is 11.5 Å². The molecule has 4 aromatic rings. The molecule has 3 aromatic carbocycles. The number of nitrogens with zero attached hydrogens (tertiary/aromatic N) is 2. The van der Waals surface area contributed by atoms with E-state index in [-0.39, 0.29) is 40.2 Å². The monoisotopic (exact) mass is 606 g/mol. The number of benzene rings is 3. The maximum atomic E-state index is 13.4. The molecule has 11 heteroatoms. The quantitative estimate of drug-likeness (QED) is 0.202. The molecule has 0 atom stereocenters. The summed E-state index contributed by atoms with van der Waals surface area (Å²) < 4.78 is 42.9. The molecule has 0 bridgehead atoms. The Morgan fingerprint density at radius 3 is 2.18 bits per heavy atom. The van der Waals surface area contributed by atoms with Gasteiger partial charge in [-0.3, -0.25) is 4.79 Å². The van der Waals surface area contributed by atoms with Gasteiger partial charge in [0.25, 0.3) is 5.89 Å². The van der Waals surface area contributed by atoms with Crippen LogP contribution < -0.4 is 0 Å². The van der Waals surface area contributed by atoms with Gasteiger partial charge < -0.3 is 4.52 Å². The van der Waals surface area contributed by atoms with E-state index in [0.717, 1.165) is 5.56 Å². The van der Waals surface area contributed by atoms with E-state index < -0.39 is 21.1 Å². The van der Waals surface area contributed by atoms with Crippen molar-refractivity contribution in [1.82, 2.24) is 10.1 Å². The lowest BCUT2D eigenvalue weighted by Gasteiger charge is -2.17. The molecule has 1 heterocycles. The van der Waals surface area contributed by atoms with Crippen LogP contribution >= 0.6 is 34.8 Å². The minimum Gasteiger partial charge on any atom is -0.334 e. The van der Waals surface area contributed by atoms with Crippen molar-refractivity contribution in [3.8, 4) is 11.5 Å². The number of hydrogen-bond acceptors (Lipinski definition) is 6. The number of aromatic nitrogens is 2. The van der Waals surface area contributed by atoms with Crippen LogP contribution in [0.4, 0.5) is 4.39 Å². The summed E-state index contributed by atoms with van der Waals surface area (Å²) in [5, 5.41) is 5.08. The smallest absolute Gasteiger partial charge is 0.259 e. The molecule has 0 N–H and O–H groups in total. The van der Waals surface area contributed by atoms with Crippen LogP contribution in [-0.4, -0.2) is 30.1 Å². The van der Waals surface area contributed by atoms with Gasteiger partial charge in [-0.25, -0.2) is 12.8 Å². The molecule has 202 valence electrons. The Bertz CT molecular complexity index is 1660. The molecule has 1 fully saturated rings. The highest BCUT2D eigenvalue weighted by Crippen LogP contribution is 2.56. The first-order chi connectivity index (χ1) is 18.5. The Morgan fingerprint density at radius 1 is 0.949 bits per heavy atom. The fourth-order valence-corrected chi connectivity index (χ4v) is 6.61. The van der Waals surface area contributed by atoms with Gasteiger partial charge in [0.2, 0.25) is 0 Å². The van der Waals surface area contributed by atoms with E-state index in [1.807, 2.05) is 0 Å². The van der Waals surface area contributed by atoms with E-state index in [9.17, 15) is 17.6 Å². The molecule has 0 amide bonds. The second kappa shape index (κ2) is 10.7. The van der Waals surface area contributed by atoms with E-state index >= 15 is 0 Å². The molecular weight excluding hydrogens is 586 g/mol. The summed E-state index contributed by atoms with van der Waals surface area (Å²) in [5.41, 5.74) is 1.82. The lowest BCUT2D eigenvalue weighted by Crippen LogP contribution is -2.13. The highest BCUT2D eigenvalue weighted by Gasteiger charge is 2.52. The highest BCUT2D eigenvalue weighted by atomic mass is 35.5. The first kappa shape index (κ1) is 27.8. The van der Waals surface area contributed by atoms with Crippen molar-refractivity contribution in [2.75, 3.05) is 5.75 Å². The Hall–Kier alpha value is -2.78. The van der Waals surface area contributed by atoms with Crippen LogP contribution in [0.1, 0.15) is 42.3 Å². The highest BCUT2D eigenvalue weighted by molar-refractivity contribution is 7.91. The Morgan fingerprint density at radius 2 is 1.59 bits per heavy atom. The first-order valence-corrected chi connectivity index (χ1v) is 14.9. The lowest BCUT2D eigenvalue weighted by atomic mass is 9.92. The summed E-state index contributed by atoms with van der Waals surface area (Å²) in [6.45, 7) is 1.59. The molecule has 1 saturated carbocycles. The van der Waals surface area contributed by atoms with Gasteiger partial charge in [0.15, 0.2) is 15.7 Å². The molecule has 5 rings (SSSR count). The van der Waals surface area contributed by atoms with E-state index in [4.69, 9.17) is 39.3 Å². The van der Waals surface area contributed by atoms with E-state index in [2.05, 4.69) is 10.1 Å². The predicted octanol–water partition coefficient (Wildman–Crippen LogP) is 7.06. The van der Waals surface area contributed by atoms with Crippen LogP contribution in [0.15, 0.2) is 64.0 Å². The summed E-state index contributed by atoms with van der Waals surface area (Å²) in [6, 6.07) is 13.7. The molecule has 6 nitrogen and oxygen atoms in total. The minimum absolute atomic E-state index is 0.0144. The number of carbonyl (C=O) groups is 1. The average Bonchev–Trinajstić information content (AvgIpc) is 3.51. The third-order valence-corrected chi connectivity index (χ3v) is 9.47. The Labute approximate surface area is 240 Å². The van der Waals surface area contributed by atoms with Gasteiger partial charge in [-0.1, -0.05) is 59.0 Å². The van der Waals surface area contributed by atoms with Crippen LogP contribution in [0, 0.1) is 5.82 Å². The lowest BCUT2D eigenvalue weighted by molar-refractivity contribution is -0.117. The summed E-state index contributed by atoms with van der Waals surface area (Å²) in [6.07, 6.45) is 1.65. The predicted molar refractivity (Wildman–Crippen MR) is 148 cm³/mol. The Kier molecular flexibility index (Phi) is 7.59. The molecule has 0 spiro atoms. The summed E-state index contributed by atoms with van der Waals surface area (Å²) in [4.78, 5) is 17.5. The molecular formula is C28H22Cl3FN2O4S. The number of sulfone groups is 1. The second-order valence-electron chi connectivity index (χ2n) is 9.50. The average molecular weight is 608 g/mol. The molecule has 0 unspecified atom stereocenters. The van der Waals surface area contributed by atoms with Crippen molar-refractivity contribution in [3.05, 3.63) is 98.0 Å². The van der Waals surface area contributed by atoms with Gasteiger partial charge in [-0.05, 0) is 66.4 Å². The largest absolute Gasteiger partial charge is 0.334 e. The van der Waals surface area contributed by atoms with Gasteiger partial charge in [-0.15, -0.1) is 0 Å². The van der Waals surface area contributed by atoms with Crippen LogP contribution in [0.5, 0.6) is 0 Å². The molecule has 1 aliphatic carbocycles. The fraction of sp³-hybridized carbons (Fsp3) is 0.250. The number of hydrogen-bond donors (Lipinski definition) is 0. The SMILES string of the molecule is CCS(=O)(=O)c1ccc(CC(=O)Cc2cc(Cl)c(C3(c4noc(-c5ccc(F)cc5Cl)n4)CC3)c(Cl)c2)cc1. The minimum atomic E-state index is -3.30. The zero-order valence-electron chi connectivity index (χ0n) is 20.7. The van der Waals surface area contributed by atoms with Crippen molar-refractivity contribution in [2.24, 2.45) is 0 Å². The van der Waals surface area contributed by atoms with E-state index in [0.29, 0.717) is 45.4 Å². The van der Waals surface area contributed by atoms with E-state index in [1.54, 1.807) is 31.2 Å². The van der Waals surface area contributed by atoms with Crippen molar-refractivity contribution < 1.29 is 22.1 Å². The molecule has 1 aliphatic rings. The summed E-state index contributed by atoms with van der Waals surface area (Å²) >= 11 is 19.5.